The fraction of sp³-hybridized carbons (Fsp3) is 0.692. The number of nitrogens with one attached hydrogen (secondary N) is 2. The number of hydrogen-bond donors (Lipinski definition) is 3. The van der Waals surface area contributed by atoms with E-state index in [4.69, 9.17) is 10.4 Å². The molecule has 1 aliphatic heterocycles. The molecule has 7 nitrogen and oxygen atoms in total. The van der Waals surface area contributed by atoms with Crippen molar-refractivity contribution in [3.63, 3.8) is 0 Å². The molecular formula is C13H23N5O2. The summed E-state index contributed by atoms with van der Waals surface area (Å²) in [5, 5.41) is 23.8. The SMILES string of the molecule is CN(/C=C(/C#N)C(=O)NCCN1CCNCC1)CCO. The highest BCUT2D eigenvalue weighted by atomic mass is 16.3. The highest BCUT2D eigenvalue weighted by Gasteiger charge is 2.12. The molecule has 0 aliphatic carbocycles. The molecule has 112 valence electrons. The first-order valence-corrected chi connectivity index (χ1v) is 6.81. The molecule has 1 amide bonds. The molecular weight excluding hydrogens is 258 g/mol. The van der Waals surface area contributed by atoms with Gasteiger partial charge in [0.15, 0.2) is 0 Å². The minimum absolute atomic E-state index is 0.0175. The molecule has 1 rings (SSSR count). The lowest BCUT2D eigenvalue weighted by Gasteiger charge is -2.27. The molecule has 20 heavy (non-hydrogen) atoms. The lowest BCUT2D eigenvalue weighted by atomic mass is 10.3. The molecule has 1 heterocycles. The third kappa shape index (κ3) is 6.02. The second-order valence-electron chi connectivity index (χ2n) is 4.71. The van der Waals surface area contributed by atoms with Gasteiger partial charge in [-0.2, -0.15) is 5.26 Å². The number of carbonyl (C=O) groups excluding carboxylic acids is 1. The van der Waals surface area contributed by atoms with Crippen molar-refractivity contribution < 1.29 is 9.90 Å². The maximum atomic E-state index is 11.8. The van der Waals surface area contributed by atoms with Crippen LogP contribution in [-0.2, 0) is 4.79 Å². The molecule has 0 bridgehead atoms. The normalized spacial score (nSPS) is 16.6. The minimum atomic E-state index is -0.368. The van der Waals surface area contributed by atoms with Gasteiger partial charge in [-0.3, -0.25) is 9.69 Å². The molecule has 1 aliphatic rings. The predicted molar refractivity (Wildman–Crippen MR) is 75.7 cm³/mol. The Balaban J connectivity index is 2.34. The number of aliphatic hydroxyl groups excluding tert-OH is 1. The average molecular weight is 281 g/mol. The van der Waals surface area contributed by atoms with E-state index in [0.29, 0.717) is 13.1 Å². The van der Waals surface area contributed by atoms with Crippen molar-refractivity contribution in [2.45, 2.75) is 0 Å². The van der Waals surface area contributed by atoms with Gasteiger partial charge in [0.2, 0.25) is 0 Å². The van der Waals surface area contributed by atoms with E-state index in [2.05, 4.69) is 15.5 Å². The van der Waals surface area contributed by atoms with Gasteiger partial charge in [0.1, 0.15) is 11.6 Å². The van der Waals surface area contributed by atoms with Gasteiger partial charge in [-0.15, -0.1) is 0 Å². The lowest BCUT2D eigenvalue weighted by Crippen LogP contribution is -2.46. The van der Waals surface area contributed by atoms with Gasteiger partial charge in [-0.05, 0) is 0 Å². The third-order valence-corrected chi connectivity index (χ3v) is 3.09. The summed E-state index contributed by atoms with van der Waals surface area (Å²) in [6.45, 7) is 5.61. The number of likely N-dealkylation sites (N-methyl/N-ethyl adjacent to an activating group) is 1. The van der Waals surface area contributed by atoms with E-state index in [1.165, 1.54) is 6.20 Å². The van der Waals surface area contributed by atoms with Crippen LogP contribution in [0.2, 0.25) is 0 Å². The summed E-state index contributed by atoms with van der Waals surface area (Å²) in [6, 6.07) is 1.88. The zero-order chi connectivity index (χ0) is 14.8. The Morgan fingerprint density at radius 1 is 1.55 bits per heavy atom. The molecule has 0 aromatic heterocycles. The van der Waals surface area contributed by atoms with E-state index >= 15 is 0 Å². The van der Waals surface area contributed by atoms with Crippen LogP contribution in [0.4, 0.5) is 0 Å². The summed E-state index contributed by atoms with van der Waals surface area (Å²) in [5.41, 5.74) is 0.0567. The Labute approximate surface area is 119 Å². The van der Waals surface area contributed by atoms with E-state index < -0.39 is 0 Å². The Hall–Kier alpha value is -1.62. The quantitative estimate of drug-likeness (QED) is 0.382. The molecule has 1 fully saturated rings. The largest absolute Gasteiger partial charge is 0.395 e. The fourth-order valence-electron chi connectivity index (χ4n) is 1.94. The van der Waals surface area contributed by atoms with E-state index in [0.717, 1.165) is 32.7 Å². The summed E-state index contributed by atoms with van der Waals surface area (Å²) in [4.78, 5) is 15.7. The van der Waals surface area contributed by atoms with Gasteiger partial charge in [0, 0.05) is 59.1 Å². The molecule has 0 unspecified atom stereocenters. The molecule has 1 saturated heterocycles. The van der Waals surface area contributed by atoms with Crippen LogP contribution in [0.25, 0.3) is 0 Å². The summed E-state index contributed by atoms with van der Waals surface area (Å²) in [6.07, 6.45) is 1.45. The zero-order valence-electron chi connectivity index (χ0n) is 11.9. The van der Waals surface area contributed by atoms with Crippen LogP contribution >= 0.6 is 0 Å². The number of nitriles is 1. The molecule has 3 N–H and O–H groups in total. The fourth-order valence-corrected chi connectivity index (χ4v) is 1.94. The third-order valence-electron chi connectivity index (χ3n) is 3.09. The highest BCUT2D eigenvalue weighted by molar-refractivity contribution is 5.97. The molecule has 0 radical (unpaired) electrons. The number of amides is 1. The van der Waals surface area contributed by atoms with Gasteiger partial charge in [0.05, 0.1) is 6.61 Å². The lowest BCUT2D eigenvalue weighted by molar-refractivity contribution is -0.117. The average Bonchev–Trinajstić information content (AvgIpc) is 2.46. The van der Waals surface area contributed by atoms with E-state index in [-0.39, 0.29) is 18.1 Å². The van der Waals surface area contributed by atoms with Crippen LogP contribution < -0.4 is 10.6 Å². The number of aliphatic hydroxyl groups is 1. The van der Waals surface area contributed by atoms with E-state index in [1.807, 2.05) is 6.07 Å². The second-order valence-corrected chi connectivity index (χ2v) is 4.71. The van der Waals surface area contributed by atoms with Crippen LogP contribution in [-0.4, -0.2) is 80.3 Å². The second kappa shape index (κ2) is 9.31. The monoisotopic (exact) mass is 281 g/mol. The van der Waals surface area contributed by atoms with Crippen molar-refractivity contribution in [3.05, 3.63) is 11.8 Å². The standard InChI is InChI=1S/C13H23N5O2/c1-17(8-9-19)11-12(10-14)13(20)16-4-7-18-5-2-15-3-6-18/h11,15,19H,2-9H2,1H3,(H,16,20)/b12-11-. The van der Waals surface area contributed by atoms with Crippen LogP contribution in [0.5, 0.6) is 0 Å². The number of carbonyl (C=O) groups is 1. The van der Waals surface area contributed by atoms with Gasteiger partial charge in [0.25, 0.3) is 5.91 Å². The highest BCUT2D eigenvalue weighted by Crippen LogP contribution is 1.96. The van der Waals surface area contributed by atoms with Crippen LogP contribution in [0, 0.1) is 11.3 Å². The van der Waals surface area contributed by atoms with Gasteiger partial charge in [-0.25, -0.2) is 0 Å². The zero-order valence-corrected chi connectivity index (χ0v) is 11.9. The summed E-state index contributed by atoms with van der Waals surface area (Å²) < 4.78 is 0. The molecule has 0 aromatic carbocycles. The molecule has 7 heteroatoms. The number of hydrogen-bond acceptors (Lipinski definition) is 6. The van der Waals surface area contributed by atoms with E-state index in [1.54, 1.807) is 11.9 Å². The summed E-state index contributed by atoms with van der Waals surface area (Å²) >= 11 is 0. The van der Waals surface area contributed by atoms with Gasteiger partial charge < -0.3 is 20.6 Å². The Morgan fingerprint density at radius 2 is 2.25 bits per heavy atom. The first-order chi connectivity index (χ1) is 9.67. The number of piperazine rings is 1. The molecule has 0 atom stereocenters. The van der Waals surface area contributed by atoms with Gasteiger partial charge in [-0.1, -0.05) is 0 Å². The maximum absolute atomic E-state index is 11.8. The molecule has 0 saturated carbocycles. The molecule has 0 aromatic rings. The van der Waals surface area contributed by atoms with Crippen molar-refractivity contribution in [1.82, 2.24) is 20.4 Å². The Kier molecular flexibility index (Phi) is 7.65. The van der Waals surface area contributed by atoms with Crippen molar-refractivity contribution >= 4 is 5.91 Å². The van der Waals surface area contributed by atoms with Crippen molar-refractivity contribution in [2.24, 2.45) is 0 Å². The predicted octanol–water partition coefficient (Wildman–Crippen LogP) is -1.66. The minimum Gasteiger partial charge on any atom is -0.395 e. The first kappa shape index (κ1) is 16.4. The smallest absolute Gasteiger partial charge is 0.263 e. The topological polar surface area (TPSA) is 91.6 Å². The maximum Gasteiger partial charge on any atom is 0.263 e. The summed E-state index contributed by atoms with van der Waals surface area (Å²) in [7, 11) is 1.71. The van der Waals surface area contributed by atoms with Gasteiger partial charge >= 0.3 is 0 Å². The summed E-state index contributed by atoms with van der Waals surface area (Å²) in [5.74, 6) is -0.368. The van der Waals surface area contributed by atoms with Crippen LogP contribution in [0.1, 0.15) is 0 Å². The molecule has 0 spiro atoms. The number of rotatable bonds is 7. The van der Waals surface area contributed by atoms with Crippen LogP contribution in [0.15, 0.2) is 11.8 Å². The van der Waals surface area contributed by atoms with Crippen molar-refractivity contribution in [1.29, 1.82) is 5.26 Å². The van der Waals surface area contributed by atoms with Crippen molar-refractivity contribution in [2.75, 3.05) is 59.5 Å². The van der Waals surface area contributed by atoms with Crippen LogP contribution in [0.3, 0.4) is 0 Å². The Bertz CT molecular complexity index is 371. The van der Waals surface area contributed by atoms with Crippen molar-refractivity contribution in [3.8, 4) is 6.07 Å². The first-order valence-electron chi connectivity index (χ1n) is 6.81. The van der Waals surface area contributed by atoms with E-state index in [9.17, 15) is 4.79 Å². The number of nitrogens with zero attached hydrogens (tertiary/aromatic N) is 3. The Morgan fingerprint density at radius 3 is 2.85 bits per heavy atom.